The second-order valence-electron chi connectivity index (χ2n) is 5.00. The third-order valence-electron chi connectivity index (χ3n) is 3.32. The molecule has 4 heteroatoms. The summed E-state index contributed by atoms with van der Waals surface area (Å²) in [4.78, 5) is 12.3. The molecule has 0 saturated carbocycles. The number of aromatic nitrogens is 2. The first kappa shape index (κ1) is 14.3. The number of carbonyl (C=O) groups excluding carboxylic acids is 1. The Hall–Kier alpha value is -2.10. The van der Waals surface area contributed by atoms with Crippen molar-refractivity contribution in [2.45, 2.75) is 32.7 Å². The van der Waals surface area contributed by atoms with Gasteiger partial charge >= 0.3 is 0 Å². The Morgan fingerprint density at radius 1 is 1.35 bits per heavy atom. The molecule has 1 N–H and O–H groups in total. The Balaban J connectivity index is 2.08. The summed E-state index contributed by atoms with van der Waals surface area (Å²) >= 11 is 0. The van der Waals surface area contributed by atoms with Crippen molar-refractivity contribution in [3.8, 4) is 0 Å². The summed E-state index contributed by atoms with van der Waals surface area (Å²) in [5.74, 6) is -0.0845. The molecule has 0 aliphatic carbocycles. The normalized spacial score (nSPS) is 12.2. The fourth-order valence-electron chi connectivity index (χ4n) is 2.21. The van der Waals surface area contributed by atoms with Crippen molar-refractivity contribution < 1.29 is 4.79 Å². The number of hydrogen-bond acceptors (Lipinski definition) is 2. The molecule has 1 heterocycles. The lowest BCUT2D eigenvalue weighted by atomic mass is 10.1. The van der Waals surface area contributed by atoms with E-state index in [1.165, 1.54) is 0 Å². The fraction of sp³-hybridized carbons (Fsp3) is 0.375. The molecule has 4 nitrogen and oxygen atoms in total. The Morgan fingerprint density at radius 3 is 2.70 bits per heavy atom. The summed E-state index contributed by atoms with van der Waals surface area (Å²) in [5, 5.41) is 7.37. The number of benzene rings is 1. The van der Waals surface area contributed by atoms with E-state index in [-0.39, 0.29) is 11.9 Å². The van der Waals surface area contributed by atoms with E-state index in [0.29, 0.717) is 5.69 Å². The first-order valence-electron chi connectivity index (χ1n) is 7.00. The van der Waals surface area contributed by atoms with E-state index >= 15 is 0 Å². The zero-order valence-corrected chi connectivity index (χ0v) is 12.3. The van der Waals surface area contributed by atoms with E-state index in [4.69, 9.17) is 0 Å². The fourth-order valence-corrected chi connectivity index (χ4v) is 2.21. The van der Waals surface area contributed by atoms with Crippen LogP contribution in [0.25, 0.3) is 0 Å². The Bertz CT molecular complexity index is 575. The molecular formula is C16H21N3O. The topological polar surface area (TPSA) is 46.9 Å². The number of nitrogens with one attached hydrogen (secondary N) is 1. The van der Waals surface area contributed by atoms with Gasteiger partial charge in [-0.1, -0.05) is 43.7 Å². The van der Waals surface area contributed by atoms with Crippen LogP contribution < -0.4 is 5.32 Å². The smallest absolute Gasteiger partial charge is 0.270 e. The summed E-state index contributed by atoms with van der Waals surface area (Å²) < 4.78 is 1.65. The van der Waals surface area contributed by atoms with Gasteiger partial charge in [-0.2, -0.15) is 5.10 Å². The predicted molar refractivity (Wildman–Crippen MR) is 79.5 cm³/mol. The molecule has 106 valence electrons. The zero-order chi connectivity index (χ0) is 14.5. The van der Waals surface area contributed by atoms with Crippen LogP contribution in [0, 0.1) is 0 Å². The average molecular weight is 271 g/mol. The Labute approximate surface area is 119 Å². The molecule has 1 amide bonds. The predicted octanol–water partition coefficient (Wildman–Crippen LogP) is 2.86. The number of nitrogens with zero attached hydrogens (tertiary/aromatic N) is 2. The Morgan fingerprint density at radius 2 is 2.05 bits per heavy atom. The van der Waals surface area contributed by atoms with E-state index in [1.54, 1.807) is 11.7 Å². The van der Waals surface area contributed by atoms with Gasteiger partial charge in [-0.25, -0.2) is 0 Å². The van der Waals surface area contributed by atoms with Crippen LogP contribution >= 0.6 is 0 Å². The van der Waals surface area contributed by atoms with Crippen LogP contribution in [0.3, 0.4) is 0 Å². The van der Waals surface area contributed by atoms with Gasteiger partial charge in [-0.05, 0) is 25.0 Å². The van der Waals surface area contributed by atoms with Gasteiger partial charge in [-0.15, -0.1) is 0 Å². The molecule has 0 spiro atoms. The highest BCUT2D eigenvalue weighted by Gasteiger charge is 2.15. The lowest BCUT2D eigenvalue weighted by molar-refractivity contribution is 0.0930. The molecule has 2 aromatic rings. The number of amides is 1. The quantitative estimate of drug-likeness (QED) is 0.909. The highest BCUT2D eigenvalue weighted by Crippen LogP contribution is 2.13. The van der Waals surface area contributed by atoms with Crippen molar-refractivity contribution in [2.75, 3.05) is 0 Å². The second-order valence-corrected chi connectivity index (χ2v) is 5.00. The van der Waals surface area contributed by atoms with Gasteiger partial charge in [0.15, 0.2) is 0 Å². The lowest BCUT2D eigenvalue weighted by Crippen LogP contribution is -2.28. The number of hydrogen-bond donors (Lipinski definition) is 1. The largest absolute Gasteiger partial charge is 0.344 e. The van der Waals surface area contributed by atoms with E-state index in [9.17, 15) is 4.79 Å². The van der Waals surface area contributed by atoms with Crippen LogP contribution in [0.15, 0.2) is 36.4 Å². The molecule has 20 heavy (non-hydrogen) atoms. The standard InChI is InChI=1S/C16H21N3O/c1-4-8-14-11-15(19(3)18-14)16(20)17-12(2)13-9-6-5-7-10-13/h5-7,9-12H,4,8H2,1-3H3,(H,17,20)/t12-/m0/s1. The van der Waals surface area contributed by atoms with Gasteiger partial charge in [0.05, 0.1) is 11.7 Å². The third-order valence-corrected chi connectivity index (χ3v) is 3.32. The summed E-state index contributed by atoms with van der Waals surface area (Å²) in [6.07, 6.45) is 1.92. The molecule has 0 aliphatic rings. The highest BCUT2D eigenvalue weighted by atomic mass is 16.2. The molecule has 2 rings (SSSR count). The van der Waals surface area contributed by atoms with Gasteiger partial charge in [0, 0.05) is 7.05 Å². The summed E-state index contributed by atoms with van der Waals surface area (Å²) in [5.41, 5.74) is 2.67. The first-order chi connectivity index (χ1) is 9.61. The minimum atomic E-state index is -0.0845. The maximum absolute atomic E-state index is 12.3. The van der Waals surface area contributed by atoms with E-state index < -0.39 is 0 Å². The molecule has 0 bridgehead atoms. The van der Waals surface area contributed by atoms with Crippen molar-refractivity contribution in [3.05, 3.63) is 53.3 Å². The molecule has 0 fully saturated rings. The van der Waals surface area contributed by atoms with Gasteiger partial charge < -0.3 is 5.32 Å². The van der Waals surface area contributed by atoms with Gasteiger partial charge in [-0.3, -0.25) is 9.48 Å². The Kier molecular flexibility index (Phi) is 4.56. The van der Waals surface area contributed by atoms with Crippen molar-refractivity contribution in [3.63, 3.8) is 0 Å². The van der Waals surface area contributed by atoms with E-state index in [0.717, 1.165) is 24.1 Å². The van der Waals surface area contributed by atoms with Crippen molar-refractivity contribution in [2.24, 2.45) is 7.05 Å². The minimum absolute atomic E-state index is 0.0202. The van der Waals surface area contributed by atoms with Crippen LogP contribution in [-0.4, -0.2) is 15.7 Å². The van der Waals surface area contributed by atoms with Crippen molar-refractivity contribution >= 4 is 5.91 Å². The first-order valence-corrected chi connectivity index (χ1v) is 7.00. The zero-order valence-electron chi connectivity index (χ0n) is 12.3. The van der Waals surface area contributed by atoms with E-state index in [1.807, 2.05) is 43.3 Å². The molecule has 0 radical (unpaired) electrons. The summed E-state index contributed by atoms with van der Waals surface area (Å²) in [7, 11) is 1.81. The third kappa shape index (κ3) is 3.26. The molecular weight excluding hydrogens is 250 g/mol. The number of rotatable bonds is 5. The van der Waals surface area contributed by atoms with Crippen molar-refractivity contribution in [1.29, 1.82) is 0 Å². The van der Waals surface area contributed by atoms with Crippen LogP contribution in [0.1, 0.15) is 48.1 Å². The SMILES string of the molecule is CCCc1cc(C(=O)N[C@@H](C)c2ccccc2)n(C)n1. The summed E-state index contributed by atoms with van der Waals surface area (Å²) in [6, 6.07) is 11.8. The molecule has 1 aromatic heterocycles. The minimum Gasteiger partial charge on any atom is -0.344 e. The molecule has 0 aliphatic heterocycles. The molecule has 0 saturated heterocycles. The average Bonchev–Trinajstić information content (AvgIpc) is 2.81. The second kappa shape index (κ2) is 6.37. The molecule has 1 aromatic carbocycles. The van der Waals surface area contributed by atoms with Gasteiger partial charge in [0.1, 0.15) is 5.69 Å². The van der Waals surface area contributed by atoms with Gasteiger partial charge in [0.25, 0.3) is 5.91 Å². The van der Waals surface area contributed by atoms with Gasteiger partial charge in [0.2, 0.25) is 0 Å². The lowest BCUT2D eigenvalue weighted by Gasteiger charge is -2.14. The maximum Gasteiger partial charge on any atom is 0.270 e. The summed E-state index contributed by atoms with van der Waals surface area (Å²) in [6.45, 7) is 4.09. The van der Waals surface area contributed by atoms with Crippen LogP contribution in [-0.2, 0) is 13.5 Å². The number of aryl methyl sites for hydroxylation is 2. The number of carbonyl (C=O) groups is 1. The van der Waals surface area contributed by atoms with Crippen LogP contribution in [0.5, 0.6) is 0 Å². The highest BCUT2D eigenvalue weighted by molar-refractivity contribution is 5.92. The van der Waals surface area contributed by atoms with Crippen LogP contribution in [0.2, 0.25) is 0 Å². The van der Waals surface area contributed by atoms with E-state index in [2.05, 4.69) is 17.3 Å². The van der Waals surface area contributed by atoms with Crippen LogP contribution in [0.4, 0.5) is 0 Å². The monoisotopic (exact) mass is 271 g/mol. The molecule has 1 atom stereocenters. The maximum atomic E-state index is 12.3. The van der Waals surface area contributed by atoms with Crippen molar-refractivity contribution in [1.82, 2.24) is 15.1 Å². The molecule has 0 unspecified atom stereocenters.